The van der Waals surface area contributed by atoms with Crippen molar-refractivity contribution in [1.82, 2.24) is 14.9 Å². The number of fused-ring (bicyclic) bond motifs is 1. The largest absolute Gasteiger partial charge is 0.345 e. The van der Waals surface area contributed by atoms with E-state index < -0.39 is 0 Å². The van der Waals surface area contributed by atoms with E-state index in [0.717, 1.165) is 27.8 Å². The van der Waals surface area contributed by atoms with Crippen molar-refractivity contribution in [3.63, 3.8) is 0 Å². The number of carbonyl (C=O) groups excluding carboxylic acids is 2. The first kappa shape index (κ1) is 20.3. The molecule has 6 heteroatoms. The molecule has 0 bridgehead atoms. The summed E-state index contributed by atoms with van der Waals surface area (Å²) in [5.74, 6) is 0.299. The van der Waals surface area contributed by atoms with Crippen LogP contribution < -0.4 is 10.6 Å². The zero-order valence-electron chi connectivity index (χ0n) is 17.6. The quantitative estimate of drug-likeness (QED) is 0.498. The van der Waals surface area contributed by atoms with Gasteiger partial charge in [-0.1, -0.05) is 42.0 Å². The number of imidazole rings is 1. The minimum Gasteiger partial charge on any atom is -0.345 e. The summed E-state index contributed by atoms with van der Waals surface area (Å²) in [5.41, 5.74) is 5.08. The maximum Gasteiger partial charge on any atom is 0.251 e. The van der Waals surface area contributed by atoms with E-state index in [1.165, 1.54) is 0 Å². The van der Waals surface area contributed by atoms with Gasteiger partial charge in [0.1, 0.15) is 12.4 Å². The van der Waals surface area contributed by atoms with Crippen LogP contribution in [-0.4, -0.2) is 21.4 Å². The first-order chi connectivity index (χ1) is 15.0. The number of anilines is 1. The maximum absolute atomic E-state index is 12.7. The monoisotopic (exact) mass is 412 g/mol. The number of benzene rings is 3. The van der Waals surface area contributed by atoms with Crippen LogP contribution in [0, 0.1) is 13.8 Å². The second-order valence-electron chi connectivity index (χ2n) is 7.57. The number of hydrogen-bond donors (Lipinski definition) is 2. The van der Waals surface area contributed by atoms with E-state index >= 15 is 0 Å². The molecule has 0 aliphatic rings. The average Bonchev–Trinajstić information content (AvgIpc) is 3.09. The number of hydrogen-bond acceptors (Lipinski definition) is 3. The van der Waals surface area contributed by atoms with Gasteiger partial charge in [0.25, 0.3) is 5.91 Å². The first-order valence-corrected chi connectivity index (χ1v) is 10.1. The minimum atomic E-state index is -0.175. The van der Waals surface area contributed by atoms with Gasteiger partial charge in [0.2, 0.25) is 5.91 Å². The van der Waals surface area contributed by atoms with E-state index in [4.69, 9.17) is 0 Å². The van der Waals surface area contributed by atoms with Crippen molar-refractivity contribution in [2.24, 2.45) is 0 Å². The molecule has 1 heterocycles. The normalized spacial score (nSPS) is 10.8. The Morgan fingerprint density at radius 2 is 1.65 bits per heavy atom. The number of nitrogens with one attached hydrogen (secondary N) is 2. The smallest absolute Gasteiger partial charge is 0.251 e. The Morgan fingerprint density at radius 3 is 2.42 bits per heavy atom. The van der Waals surface area contributed by atoms with Gasteiger partial charge in [0.15, 0.2) is 0 Å². The third-order valence-electron chi connectivity index (χ3n) is 5.02. The van der Waals surface area contributed by atoms with E-state index in [1.807, 2.05) is 85.1 Å². The van der Waals surface area contributed by atoms with Crippen LogP contribution in [0.3, 0.4) is 0 Å². The van der Waals surface area contributed by atoms with Gasteiger partial charge < -0.3 is 15.2 Å². The highest BCUT2D eigenvalue weighted by atomic mass is 16.2. The van der Waals surface area contributed by atoms with Crippen molar-refractivity contribution in [2.75, 3.05) is 5.32 Å². The molecule has 31 heavy (non-hydrogen) atoms. The predicted octanol–water partition coefficient (Wildman–Crippen LogP) is 4.22. The first-order valence-electron chi connectivity index (χ1n) is 10.1. The maximum atomic E-state index is 12.7. The lowest BCUT2D eigenvalue weighted by atomic mass is 10.1. The molecule has 0 fully saturated rings. The number of rotatable bonds is 6. The number of carbonyl (C=O) groups is 2. The van der Waals surface area contributed by atoms with Crippen molar-refractivity contribution < 1.29 is 9.59 Å². The van der Waals surface area contributed by atoms with Crippen LogP contribution in [-0.2, 0) is 17.9 Å². The van der Waals surface area contributed by atoms with Crippen LogP contribution in [0.5, 0.6) is 0 Å². The van der Waals surface area contributed by atoms with Crippen LogP contribution in [0.4, 0.5) is 5.69 Å². The molecule has 0 aliphatic carbocycles. The summed E-state index contributed by atoms with van der Waals surface area (Å²) in [6.45, 7) is 4.25. The van der Waals surface area contributed by atoms with Gasteiger partial charge in [0, 0.05) is 11.3 Å². The Balaban J connectivity index is 1.54. The molecule has 6 nitrogen and oxygen atoms in total. The summed E-state index contributed by atoms with van der Waals surface area (Å²) in [6.07, 6.45) is 0. The molecule has 156 valence electrons. The average molecular weight is 412 g/mol. The molecule has 4 rings (SSSR count). The van der Waals surface area contributed by atoms with E-state index in [2.05, 4.69) is 15.6 Å². The highest BCUT2D eigenvalue weighted by molar-refractivity contribution is 5.94. The Labute approximate surface area is 180 Å². The molecule has 2 amide bonds. The summed E-state index contributed by atoms with van der Waals surface area (Å²) in [6, 6.07) is 22.7. The highest BCUT2D eigenvalue weighted by Crippen LogP contribution is 2.17. The molecule has 4 aromatic rings. The molecule has 0 aliphatic heterocycles. The van der Waals surface area contributed by atoms with Crippen LogP contribution in [0.2, 0.25) is 0 Å². The molecule has 0 atom stereocenters. The van der Waals surface area contributed by atoms with E-state index in [9.17, 15) is 9.59 Å². The van der Waals surface area contributed by atoms with Crippen LogP contribution in [0.25, 0.3) is 11.0 Å². The van der Waals surface area contributed by atoms with Crippen LogP contribution >= 0.6 is 0 Å². The van der Waals surface area contributed by atoms with Crippen molar-refractivity contribution >= 4 is 28.5 Å². The van der Waals surface area contributed by atoms with E-state index in [0.29, 0.717) is 11.4 Å². The van der Waals surface area contributed by atoms with Gasteiger partial charge in [-0.05, 0) is 55.8 Å². The summed E-state index contributed by atoms with van der Waals surface area (Å²) >= 11 is 0. The van der Waals surface area contributed by atoms with Gasteiger partial charge in [0.05, 0.1) is 17.6 Å². The fourth-order valence-corrected chi connectivity index (χ4v) is 3.55. The minimum absolute atomic E-state index is 0.101. The van der Waals surface area contributed by atoms with E-state index in [-0.39, 0.29) is 24.9 Å². The van der Waals surface area contributed by atoms with Crippen LogP contribution in [0.1, 0.15) is 27.3 Å². The molecule has 0 spiro atoms. The Hall–Kier alpha value is -3.93. The molecule has 0 unspecified atom stereocenters. The molecule has 3 aromatic carbocycles. The third-order valence-corrected chi connectivity index (χ3v) is 5.02. The molecule has 0 radical (unpaired) electrons. The molecule has 0 saturated heterocycles. The van der Waals surface area contributed by atoms with Crippen molar-refractivity contribution in [1.29, 1.82) is 0 Å². The lowest BCUT2D eigenvalue weighted by Crippen LogP contribution is -2.26. The topological polar surface area (TPSA) is 76.0 Å². The number of nitrogens with zero attached hydrogens (tertiary/aromatic N) is 2. The van der Waals surface area contributed by atoms with Gasteiger partial charge >= 0.3 is 0 Å². The number of aryl methyl sites for hydroxylation is 2. The standard InChI is InChI=1S/C25H24N4O2/c1-17-7-5-9-19(13-17)25(31)26-15-23-28-21-11-3-4-12-22(21)29(23)16-24(30)27-20-10-6-8-18(2)14-20/h3-14H,15-16H2,1-2H3,(H,26,31)(H,27,30). The Kier molecular flexibility index (Phi) is 5.80. The highest BCUT2D eigenvalue weighted by Gasteiger charge is 2.15. The van der Waals surface area contributed by atoms with E-state index in [1.54, 1.807) is 6.07 Å². The molecule has 0 saturated carbocycles. The van der Waals surface area contributed by atoms with Crippen molar-refractivity contribution in [3.8, 4) is 0 Å². The number of amides is 2. The lowest BCUT2D eigenvalue weighted by molar-refractivity contribution is -0.116. The van der Waals surface area contributed by atoms with Crippen molar-refractivity contribution in [2.45, 2.75) is 26.9 Å². The molecular formula is C25H24N4O2. The zero-order chi connectivity index (χ0) is 21.8. The zero-order valence-corrected chi connectivity index (χ0v) is 17.6. The van der Waals surface area contributed by atoms with Crippen molar-refractivity contribution in [3.05, 3.63) is 95.3 Å². The summed E-state index contributed by atoms with van der Waals surface area (Å²) in [7, 11) is 0. The number of para-hydroxylation sites is 2. The van der Waals surface area contributed by atoms with Gasteiger partial charge in [-0.15, -0.1) is 0 Å². The molecule has 1 aromatic heterocycles. The summed E-state index contributed by atoms with van der Waals surface area (Å²) in [4.78, 5) is 29.9. The lowest BCUT2D eigenvalue weighted by Gasteiger charge is -2.11. The second kappa shape index (κ2) is 8.83. The predicted molar refractivity (Wildman–Crippen MR) is 122 cm³/mol. The molecule has 2 N–H and O–H groups in total. The van der Waals surface area contributed by atoms with Crippen LogP contribution in [0.15, 0.2) is 72.8 Å². The Bertz CT molecular complexity index is 1260. The van der Waals surface area contributed by atoms with Gasteiger partial charge in [-0.2, -0.15) is 0 Å². The third kappa shape index (κ3) is 4.80. The Morgan fingerprint density at radius 1 is 0.903 bits per heavy atom. The fourth-order valence-electron chi connectivity index (χ4n) is 3.55. The fraction of sp³-hybridized carbons (Fsp3) is 0.160. The summed E-state index contributed by atoms with van der Waals surface area (Å²) < 4.78 is 1.84. The second-order valence-corrected chi connectivity index (χ2v) is 7.57. The molecular weight excluding hydrogens is 388 g/mol. The number of aromatic nitrogens is 2. The SMILES string of the molecule is Cc1cccc(NC(=O)Cn2c(CNC(=O)c3cccc(C)c3)nc3ccccc32)c1. The van der Waals surface area contributed by atoms with Gasteiger partial charge in [-0.25, -0.2) is 4.98 Å². The summed E-state index contributed by atoms with van der Waals surface area (Å²) in [5, 5.41) is 5.86. The van der Waals surface area contributed by atoms with Gasteiger partial charge in [-0.3, -0.25) is 9.59 Å².